The number of morpholine rings is 1. The molecule has 3 heterocycles. The van der Waals surface area contributed by atoms with Crippen LogP contribution < -0.4 is 10.5 Å². The van der Waals surface area contributed by atoms with E-state index in [2.05, 4.69) is 20.9 Å². The molecule has 0 radical (unpaired) electrons. The number of rotatable bonds is 4. The second kappa shape index (κ2) is 7.49. The molecule has 0 amide bonds. The molecular formula is C17H17F2N5O2. The van der Waals surface area contributed by atoms with Crippen LogP contribution >= 0.6 is 0 Å². The molecule has 1 saturated heterocycles. The van der Waals surface area contributed by atoms with Gasteiger partial charge in [0, 0.05) is 19.2 Å². The zero-order chi connectivity index (χ0) is 18.7. The Labute approximate surface area is 148 Å². The number of H-pyrrole nitrogens is 1. The van der Waals surface area contributed by atoms with Gasteiger partial charge in [-0.1, -0.05) is 6.08 Å². The van der Waals surface area contributed by atoms with Crippen LogP contribution in [0.25, 0.3) is 11.9 Å². The number of aromatic nitrogens is 4. The molecule has 0 unspecified atom stereocenters. The minimum Gasteiger partial charge on any atom is -0.378 e. The Morgan fingerprint density at radius 2 is 2.12 bits per heavy atom. The van der Waals surface area contributed by atoms with E-state index in [4.69, 9.17) is 11.2 Å². The Morgan fingerprint density at radius 3 is 2.73 bits per heavy atom. The Kier molecular flexibility index (Phi) is 5.14. The number of anilines is 1. The molecule has 1 N–H and O–H groups in total. The molecule has 0 atom stereocenters. The van der Waals surface area contributed by atoms with Crippen molar-refractivity contribution in [3.63, 3.8) is 0 Å². The Hall–Kier alpha value is -2.99. The first kappa shape index (κ1) is 17.8. The number of hydrogen-bond donors (Lipinski definition) is 1. The molecular weight excluding hydrogens is 344 g/mol. The zero-order valence-electron chi connectivity index (χ0n) is 14.1. The maximum atomic E-state index is 13.5. The smallest absolute Gasteiger partial charge is 0.296 e. The fraction of sp³-hybridized carbons (Fsp3) is 0.353. The molecule has 1 aliphatic rings. The number of nitrogens with zero attached hydrogens (tertiary/aromatic N) is 4. The molecule has 1 aliphatic heterocycles. The van der Waals surface area contributed by atoms with Crippen molar-refractivity contribution in [2.75, 3.05) is 31.2 Å². The summed E-state index contributed by atoms with van der Waals surface area (Å²) >= 11 is 0. The second-order valence-electron chi connectivity index (χ2n) is 5.51. The quantitative estimate of drug-likeness (QED) is 0.840. The van der Waals surface area contributed by atoms with Gasteiger partial charge < -0.3 is 9.64 Å². The maximum Gasteiger partial charge on any atom is 0.296 e. The fourth-order valence-electron chi connectivity index (χ4n) is 2.72. The minimum atomic E-state index is -2.88. The minimum absolute atomic E-state index is 0.00162. The van der Waals surface area contributed by atoms with Gasteiger partial charge in [-0.05, 0) is 18.9 Å². The maximum absolute atomic E-state index is 13.5. The summed E-state index contributed by atoms with van der Waals surface area (Å²) in [6, 6.07) is 1.12. The summed E-state index contributed by atoms with van der Waals surface area (Å²) in [6.45, 7) is 3.77. The number of alkyl halides is 2. The van der Waals surface area contributed by atoms with Crippen LogP contribution in [0.15, 0.2) is 16.9 Å². The number of halogens is 2. The van der Waals surface area contributed by atoms with Gasteiger partial charge in [0.1, 0.15) is 11.5 Å². The molecule has 7 nitrogen and oxygen atoms in total. The van der Waals surface area contributed by atoms with Crippen molar-refractivity contribution in [1.29, 1.82) is 0 Å². The Balaban J connectivity index is 2.18. The van der Waals surface area contributed by atoms with Crippen LogP contribution in [-0.4, -0.2) is 45.8 Å². The van der Waals surface area contributed by atoms with Crippen molar-refractivity contribution < 1.29 is 13.5 Å². The molecule has 0 aliphatic carbocycles. The van der Waals surface area contributed by atoms with Crippen LogP contribution in [0.5, 0.6) is 0 Å². The lowest BCUT2D eigenvalue weighted by Crippen LogP contribution is -2.38. The van der Waals surface area contributed by atoms with Gasteiger partial charge in [0.15, 0.2) is 5.82 Å². The first-order chi connectivity index (χ1) is 12.5. The van der Waals surface area contributed by atoms with E-state index in [0.29, 0.717) is 26.3 Å². The number of nitrogens with one attached hydrogen (secondary N) is 1. The Bertz CT molecular complexity index is 920. The van der Waals surface area contributed by atoms with Crippen LogP contribution in [0.3, 0.4) is 0 Å². The van der Waals surface area contributed by atoms with Crippen molar-refractivity contribution in [2.45, 2.75) is 13.3 Å². The number of aromatic amines is 1. The van der Waals surface area contributed by atoms with E-state index in [1.165, 1.54) is 6.08 Å². The van der Waals surface area contributed by atoms with Crippen molar-refractivity contribution >= 4 is 12.0 Å². The summed E-state index contributed by atoms with van der Waals surface area (Å²) in [7, 11) is 0. The molecule has 0 spiro atoms. The van der Waals surface area contributed by atoms with E-state index in [0.717, 1.165) is 10.6 Å². The normalized spacial score (nSPS) is 15.0. The van der Waals surface area contributed by atoms with Crippen molar-refractivity contribution in [1.82, 2.24) is 19.5 Å². The molecule has 9 heteroatoms. The third-order valence-electron chi connectivity index (χ3n) is 3.84. The van der Waals surface area contributed by atoms with E-state index in [1.54, 1.807) is 13.0 Å². The van der Waals surface area contributed by atoms with Crippen LogP contribution in [-0.2, 0) is 4.74 Å². The van der Waals surface area contributed by atoms with Crippen LogP contribution in [0.2, 0.25) is 0 Å². The third-order valence-corrected chi connectivity index (χ3v) is 3.84. The van der Waals surface area contributed by atoms with Gasteiger partial charge in [-0.15, -0.1) is 6.42 Å². The lowest BCUT2D eigenvalue weighted by molar-refractivity contribution is 0.122. The van der Waals surface area contributed by atoms with E-state index >= 15 is 0 Å². The van der Waals surface area contributed by atoms with E-state index in [-0.39, 0.29) is 23.2 Å². The molecule has 3 rings (SSSR count). The number of allylic oxidation sites excluding steroid dienone is 1. The second-order valence-corrected chi connectivity index (χ2v) is 5.51. The highest BCUT2D eigenvalue weighted by Gasteiger charge is 2.24. The summed E-state index contributed by atoms with van der Waals surface area (Å²) in [5.74, 6) is 2.09. The van der Waals surface area contributed by atoms with E-state index in [1.807, 2.05) is 4.90 Å². The van der Waals surface area contributed by atoms with Gasteiger partial charge in [0.05, 0.1) is 18.9 Å². The molecule has 0 aromatic carbocycles. The van der Waals surface area contributed by atoms with Gasteiger partial charge in [-0.25, -0.2) is 13.8 Å². The summed E-state index contributed by atoms with van der Waals surface area (Å²) in [5, 5.41) is 0. The highest BCUT2D eigenvalue weighted by atomic mass is 19.3. The number of hydrogen-bond acceptors (Lipinski definition) is 5. The molecule has 2 aromatic heterocycles. The van der Waals surface area contributed by atoms with E-state index < -0.39 is 17.8 Å². The molecule has 2 aromatic rings. The van der Waals surface area contributed by atoms with Crippen molar-refractivity contribution in [2.24, 2.45) is 0 Å². The lowest BCUT2D eigenvalue weighted by Gasteiger charge is -2.27. The average Bonchev–Trinajstić information content (AvgIpc) is 3.01. The van der Waals surface area contributed by atoms with E-state index in [9.17, 15) is 13.6 Å². The molecule has 0 saturated carbocycles. The number of imidazole rings is 1. The molecule has 1 fully saturated rings. The largest absolute Gasteiger partial charge is 0.378 e. The van der Waals surface area contributed by atoms with Crippen LogP contribution in [0.1, 0.15) is 30.6 Å². The standard InChI is InChI=1S/C17H17F2N5O2/c1-3-5-11-12(4-2)24(16(20-11)15(18)19)13-10-14(25)22-17(21-13)23-6-8-26-9-7-23/h2-3,5,10,15H,6-9H2,1H3,(H,21,22,25)/b5-3-. The highest BCUT2D eigenvalue weighted by molar-refractivity contribution is 5.56. The first-order valence-corrected chi connectivity index (χ1v) is 7.99. The number of ether oxygens (including phenoxy) is 1. The number of terminal acetylenes is 1. The fourth-order valence-corrected chi connectivity index (χ4v) is 2.72. The average molecular weight is 361 g/mol. The summed E-state index contributed by atoms with van der Waals surface area (Å²) in [4.78, 5) is 24.8. The van der Waals surface area contributed by atoms with Gasteiger partial charge in [0.2, 0.25) is 5.95 Å². The first-order valence-electron chi connectivity index (χ1n) is 7.99. The van der Waals surface area contributed by atoms with Gasteiger partial charge in [-0.3, -0.25) is 14.3 Å². The molecule has 26 heavy (non-hydrogen) atoms. The van der Waals surface area contributed by atoms with Crippen molar-refractivity contribution in [3.8, 4) is 18.2 Å². The SMILES string of the molecule is C#Cc1c(/C=C\C)nc(C(F)F)n1-c1cc(=O)[nH]c(N2CCOCC2)n1. The van der Waals surface area contributed by atoms with Gasteiger partial charge >= 0.3 is 0 Å². The van der Waals surface area contributed by atoms with Crippen LogP contribution in [0, 0.1) is 12.3 Å². The Morgan fingerprint density at radius 1 is 1.38 bits per heavy atom. The zero-order valence-corrected chi connectivity index (χ0v) is 14.1. The summed E-state index contributed by atoms with van der Waals surface area (Å²) in [6.07, 6.45) is 5.82. The van der Waals surface area contributed by atoms with Crippen molar-refractivity contribution in [3.05, 3.63) is 39.7 Å². The highest BCUT2D eigenvalue weighted by Crippen LogP contribution is 2.26. The summed E-state index contributed by atoms with van der Waals surface area (Å²) < 4.78 is 33.4. The predicted octanol–water partition coefficient (Wildman–Crippen LogP) is 1.74. The molecule has 0 bridgehead atoms. The van der Waals surface area contributed by atoms with Gasteiger partial charge in [-0.2, -0.15) is 4.98 Å². The third kappa shape index (κ3) is 3.36. The molecule has 136 valence electrons. The summed E-state index contributed by atoms with van der Waals surface area (Å²) in [5.41, 5.74) is -0.134. The topological polar surface area (TPSA) is 76.0 Å². The van der Waals surface area contributed by atoms with Crippen LogP contribution in [0.4, 0.5) is 14.7 Å². The lowest BCUT2D eigenvalue weighted by atomic mass is 10.3. The van der Waals surface area contributed by atoms with Gasteiger partial charge in [0.25, 0.3) is 12.0 Å². The predicted molar refractivity (Wildman–Crippen MR) is 92.6 cm³/mol. The monoisotopic (exact) mass is 361 g/mol.